The first-order valence-electron chi connectivity index (χ1n) is 9.23. The van der Waals surface area contributed by atoms with Crippen molar-refractivity contribution in [3.63, 3.8) is 0 Å². The molecule has 4 aromatic rings. The number of hydrazone groups is 1. The molecule has 0 saturated heterocycles. The van der Waals surface area contributed by atoms with Gasteiger partial charge in [0.05, 0.1) is 28.9 Å². The molecular formula is C22H16Cl2N4OS2. The van der Waals surface area contributed by atoms with E-state index in [2.05, 4.69) is 20.5 Å². The number of aryl methyl sites for hydroxylation is 1. The number of carbonyl (C=O) groups is 1. The van der Waals surface area contributed by atoms with E-state index in [9.17, 15) is 4.79 Å². The van der Waals surface area contributed by atoms with Gasteiger partial charge in [-0.3, -0.25) is 4.79 Å². The molecule has 0 aliphatic heterocycles. The molecule has 0 unspecified atom stereocenters. The van der Waals surface area contributed by atoms with E-state index in [0.29, 0.717) is 15.7 Å². The van der Waals surface area contributed by atoms with Crippen LogP contribution in [-0.4, -0.2) is 22.1 Å². The van der Waals surface area contributed by atoms with E-state index in [1.54, 1.807) is 6.21 Å². The number of hydrogen-bond donors (Lipinski definition) is 1. The average Bonchev–Trinajstić information content (AvgIpc) is 3.36. The van der Waals surface area contributed by atoms with Gasteiger partial charge in [0.2, 0.25) is 5.91 Å². The molecule has 2 heterocycles. The maximum absolute atomic E-state index is 12.2. The molecule has 4 rings (SSSR count). The Morgan fingerprint density at radius 1 is 1.00 bits per heavy atom. The summed E-state index contributed by atoms with van der Waals surface area (Å²) < 4.78 is 0. The lowest BCUT2D eigenvalue weighted by Gasteiger charge is -1.97. The number of nitrogens with one attached hydrogen (secondary N) is 1. The van der Waals surface area contributed by atoms with Gasteiger partial charge in [-0.2, -0.15) is 5.10 Å². The lowest BCUT2D eigenvalue weighted by Crippen LogP contribution is -2.19. The fourth-order valence-corrected chi connectivity index (χ4v) is 4.75. The monoisotopic (exact) mass is 486 g/mol. The van der Waals surface area contributed by atoms with Crippen LogP contribution in [0.4, 0.5) is 0 Å². The normalized spacial score (nSPS) is 11.2. The fraction of sp³-hybridized carbons (Fsp3) is 0.0909. The fourth-order valence-electron chi connectivity index (χ4n) is 2.72. The summed E-state index contributed by atoms with van der Waals surface area (Å²) in [5.74, 6) is -0.232. The Morgan fingerprint density at radius 3 is 2.26 bits per heavy atom. The van der Waals surface area contributed by atoms with Gasteiger partial charge in [0, 0.05) is 26.6 Å². The smallest absolute Gasteiger partial charge is 0.246 e. The predicted octanol–water partition coefficient (Wildman–Crippen LogP) is 6.24. The van der Waals surface area contributed by atoms with E-state index in [-0.39, 0.29) is 12.3 Å². The van der Waals surface area contributed by atoms with Crippen LogP contribution in [0.3, 0.4) is 0 Å². The summed E-state index contributed by atoms with van der Waals surface area (Å²) in [6.07, 6.45) is 1.77. The summed E-state index contributed by atoms with van der Waals surface area (Å²) in [6, 6.07) is 15.0. The van der Waals surface area contributed by atoms with Crippen molar-refractivity contribution in [2.24, 2.45) is 5.10 Å². The number of amides is 1. The largest absolute Gasteiger partial charge is 0.273 e. The van der Waals surface area contributed by atoms with Gasteiger partial charge in [-0.1, -0.05) is 47.5 Å². The zero-order valence-electron chi connectivity index (χ0n) is 16.3. The van der Waals surface area contributed by atoms with Crippen molar-refractivity contribution in [3.05, 3.63) is 80.2 Å². The Bertz CT molecular complexity index is 1230. The van der Waals surface area contributed by atoms with Crippen LogP contribution >= 0.6 is 45.9 Å². The van der Waals surface area contributed by atoms with E-state index in [4.69, 9.17) is 23.2 Å². The van der Waals surface area contributed by atoms with Gasteiger partial charge in [0.25, 0.3) is 0 Å². The van der Waals surface area contributed by atoms with Gasteiger partial charge in [-0.25, -0.2) is 15.4 Å². The van der Waals surface area contributed by atoms with Crippen LogP contribution in [0.25, 0.3) is 21.1 Å². The highest BCUT2D eigenvalue weighted by molar-refractivity contribution is 7.16. The zero-order chi connectivity index (χ0) is 21.8. The van der Waals surface area contributed by atoms with Gasteiger partial charge in [-0.05, 0) is 31.2 Å². The number of carbonyl (C=O) groups excluding carboxylic acids is 1. The van der Waals surface area contributed by atoms with Crippen LogP contribution in [-0.2, 0) is 11.2 Å². The molecular weight excluding hydrogens is 471 g/mol. The first-order chi connectivity index (χ1) is 15.0. The van der Waals surface area contributed by atoms with Crippen LogP contribution in [0, 0.1) is 6.92 Å². The SMILES string of the molecule is Cc1nc(-c2ccc(Cl)cc2)sc1/C=N\NC(=O)Cc1csc(-c2ccc(Cl)cc2)n1. The van der Waals surface area contributed by atoms with E-state index < -0.39 is 0 Å². The number of nitrogens with zero attached hydrogens (tertiary/aromatic N) is 3. The zero-order valence-corrected chi connectivity index (χ0v) is 19.4. The molecule has 31 heavy (non-hydrogen) atoms. The summed E-state index contributed by atoms with van der Waals surface area (Å²) in [4.78, 5) is 22.2. The second-order valence-corrected chi connectivity index (χ2v) is 9.36. The molecule has 0 bridgehead atoms. The number of benzene rings is 2. The first-order valence-corrected chi connectivity index (χ1v) is 11.7. The van der Waals surface area contributed by atoms with Gasteiger partial charge >= 0.3 is 0 Å². The maximum Gasteiger partial charge on any atom is 0.246 e. The first kappa shape index (κ1) is 21.6. The third-order valence-electron chi connectivity index (χ3n) is 4.28. The number of hydrogen-bond acceptors (Lipinski definition) is 6. The van der Waals surface area contributed by atoms with Crippen LogP contribution in [0.2, 0.25) is 10.0 Å². The van der Waals surface area contributed by atoms with Crippen LogP contribution in [0.15, 0.2) is 59.0 Å². The predicted molar refractivity (Wildman–Crippen MR) is 129 cm³/mol. The molecule has 0 aliphatic carbocycles. The van der Waals surface area contributed by atoms with Crippen molar-refractivity contribution in [2.75, 3.05) is 0 Å². The van der Waals surface area contributed by atoms with Gasteiger partial charge in [-0.15, -0.1) is 22.7 Å². The molecule has 1 N–H and O–H groups in total. The second-order valence-electron chi connectivity index (χ2n) is 6.60. The van der Waals surface area contributed by atoms with Crippen molar-refractivity contribution in [3.8, 4) is 21.1 Å². The molecule has 0 atom stereocenters. The average molecular weight is 487 g/mol. The third-order valence-corrected chi connectivity index (χ3v) is 6.86. The highest BCUT2D eigenvalue weighted by Gasteiger charge is 2.10. The number of aromatic nitrogens is 2. The molecule has 5 nitrogen and oxygen atoms in total. The maximum atomic E-state index is 12.2. The van der Waals surface area contributed by atoms with Crippen LogP contribution in [0.1, 0.15) is 16.3 Å². The minimum atomic E-state index is -0.232. The van der Waals surface area contributed by atoms with E-state index in [1.807, 2.05) is 60.8 Å². The Hall–Kier alpha value is -2.58. The Kier molecular flexibility index (Phi) is 6.77. The van der Waals surface area contributed by atoms with Gasteiger partial charge in [0.1, 0.15) is 10.0 Å². The highest BCUT2D eigenvalue weighted by atomic mass is 35.5. The van der Waals surface area contributed by atoms with Crippen molar-refractivity contribution >= 4 is 58.0 Å². The van der Waals surface area contributed by atoms with Crippen molar-refractivity contribution in [1.82, 2.24) is 15.4 Å². The van der Waals surface area contributed by atoms with E-state index >= 15 is 0 Å². The number of rotatable bonds is 6. The van der Waals surface area contributed by atoms with Crippen LogP contribution in [0.5, 0.6) is 0 Å². The summed E-state index contributed by atoms with van der Waals surface area (Å²) in [7, 11) is 0. The van der Waals surface area contributed by atoms with E-state index in [1.165, 1.54) is 22.7 Å². The Balaban J connectivity index is 1.36. The quantitative estimate of drug-likeness (QED) is 0.259. The van der Waals surface area contributed by atoms with E-state index in [0.717, 1.165) is 31.7 Å². The molecule has 0 fully saturated rings. The molecule has 2 aromatic heterocycles. The van der Waals surface area contributed by atoms with Gasteiger partial charge < -0.3 is 0 Å². The minimum absolute atomic E-state index is 0.152. The second kappa shape index (κ2) is 9.70. The molecule has 1 amide bonds. The van der Waals surface area contributed by atoms with Crippen molar-refractivity contribution in [2.45, 2.75) is 13.3 Å². The minimum Gasteiger partial charge on any atom is -0.273 e. The molecule has 9 heteroatoms. The topological polar surface area (TPSA) is 67.2 Å². The molecule has 0 radical (unpaired) electrons. The number of halogens is 2. The Morgan fingerprint density at radius 2 is 1.61 bits per heavy atom. The molecule has 0 spiro atoms. The summed E-state index contributed by atoms with van der Waals surface area (Å²) in [5.41, 5.74) is 6.06. The molecule has 2 aromatic carbocycles. The molecule has 156 valence electrons. The Labute approximate surface area is 197 Å². The summed E-state index contributed by atoms with van der Waals surface area (Å²) in [5, 5.41) is 9.03. The molecule has 0 aliphatic rings. The summed E-state index contributed by atoms with van der Waals surface area (Å²) in [6.45, 7) is 1.91. The standard InChI is InChI=1S/C22H16Cl2N4OS2/c1-13-19(31-22(26-13)15-4-8-17(24)9-5-15)11-25-28-20(29)10-18-12-30-21(27-18)14-2-6-16(23)7-3-14/h2-9,11-12H,10H2,1H3,(H,28,29)/b25-11-. The van der Waals surface area contributed by atoms with Crippen LogP contribution < -0.4 is 5.43 Å². The highest BCUT2D eigenvalue weighted by Crippen LogP contribution is 2.28. The van der Waals surface area contributed by atoms with Crippen molar-refractivity contribution in [1.29, 1.82) is 0 Å². The summed E-state index contributed by atoms with van der Waals surface area (Å²) >= 11 is 14.9. The lowest BCUT2D eigenvalue weighted by atomic mass is 10.2. The number of thiazole rings is 2. The lowest BCUT2D eigenvalue weighted by molar-refractivity contribution is -0.120. The van der Waals surface area contributed by atoms with Gasteiger partial charge in [0.15, 0.2) is 0 Å². The third kappa shape index (κ3) is 5.57. The van der Waals surface area contributed by atoms with Crippen molar-refractivity contribution < 1.29 is 4.79 Å². The molecule has 0 saturated carbocycles.